The average Bonchev–Trinajstić information content (AvgIpc) is 2.67. The van der Waals surface area contributed by atoms with Gasteiger partial charge in [0.15, 0.2) is 0 Å². The molecule has 2 aliphatic rings. The maximum Gasteiger partial charge on any atom is 0.0357 e. The second-order valence-corrected chi connectivity index (χ2v) is 7.97. The predicted octanol–water partition coefficient (Wildman–Crippen LogP) is 4.04. The van der Waals surface area contributed by atoms with Crippen molar-refractivity contribution in [2.24, 2.45) is 23.5 Å². The standard InChI is InChI=1S/C18H36N2/c1-14-9-10-16(13-15(14)2)17(19)18(20(3)4)11-7-5-6-8-12-18/h14-17H,5-13,19H2,1-4H3. The minimum atomic E-state index is 0.265. The second-order valence-electron chi connectivity index (χ2n) is 7.97. The Morgan fingerprint density at radius 3 is 2.05 bits per heavy atom. The van der Waals surface area contributed by atoms with Crippen molar-refractivity contribution in [3.63, 3.8) is 0 Å². The van der Waals surface area contributed by atoms with Gasteiger partial charge in [0.2, 0.25) is 0 Å². The van der Waals surface area contributed by atoms with Crippen LogP contribution in [0.2, 0.25) is 0 Å². The molecular formula is C18H36N2. The highest BCUT2D eigenvalue weighted by Gasteiger charge is 2.43. The number of hydrogen-bond acceptors (Lipinski definition) is 2. The molecule has 2 N–H and O–H groups in total. The van der Waals surface area contributed by atoms with Crippen LogP contribution in [0.15, 0.2) is 0 Å². The van der Waals surface area contributed by atoms with Crippen LogP contribution < -0.4 is 5.73 Å². The van der Waals surface area contributed by atoms with E-state index in [2.05, 4.69) is 32.8 Å². The van der Waals surface area contributed by atoms with Crippen LogP contribution in [-0.4, -0.2) is 30.6 Å². The first-order chi connectivity index (χ1) is 9.47. The first-order valence-electron chi connectivity index (χ1n) is 8.90. The average molecular weight is 280 g/mol. The molecular weight excluding hydrogens is 244 g/mol. The predicted molar refractivity (Wildman–Crippen MR) is 87.8 cm³/mol. The normalized spacial score (nSPS) is 36.6. The molecule has 0 bridgehead atoms. The van der Waals surface area contributed by atoms with Crippen LogP contribution in [0.4, 0.5) is 0 Å². The molecule has 2 nitrogen and oxygen atoms in total. The SMILES string of the molecule is CC1CCC(C(N)C2(N(C)C)CCCCCC2)CC1C. The van der Waals surface area contributed by atoms with Crippen LogP contribution in [0.1, 0.15) is 71.6 Å². The highest BCUT2D eigenvalue weighted by molar-refractivity contribution is 5.02. The molecule has 0 amide bonds. The fraction of sp³-hybridized carbons (Fsp3) is 1.00. The van der Waals surface area contributed by atoms with Gasteiger partial charge in [0.25, 0.3) is 0 Å². The Bertz CT molecular complexity index is 292. The fourth-order valence-electron chi connectivity index (χ4n) is 4.77. The van der Waals surface area contributed by atoms with E-state index in [1.807, 2.05) is 0 Å². The van der Waals surface area contributed by atoms with Crippen LogP contribution in [0.5, 0.6) is 0 Å². The molecule has 0 aromatic rings. The summed E-state index contributed by atoms with van der Waals surface area (Å²) in [6.45, 7) is 4.85. The van der Waals surface area contributed by atoms with Crippen LogP contribution >= 0.6 is 0 Å². The molecule has 118 valence electrons. The van der Waals surface area contributed by atoms with E-state index in [0.29, 0.717) is 6.04 Å². The minimum Gasteiger partial charge on any atom is -0.326 e. The first-order valence-corrected chi connectivity index (χ1v) is 8.90. The topological polar surface area (TPSA) is 29.3 Å². The smallest absolute Gasteiger partial charge is 0.0357 e. The third-order valence-corrected chi connectivity index (χ3v) is 6.63. The van der Waals surface area contributed by atoms with Crippen molar-refractivity contribution >= 4 is 0 Å². The summed E-state index contributed by atoms with van der Waals surface area (Å²) in [6, 6.07) is 0.366. The van der Waals surface area contributed by atoms with Gasteiger partial charge in [-0.3, -0.25) is 0 Å². The second kappa shape index (κ2) is 6.79. The summed E-state index contributed by atoms with van der Waals surface area (Å²) in [5.74, 6) is 2.48. The van der Waals surface area contributed by atoms with E-state index in [4.69, 9.17) is 5.73 Å². The maximum atomic E-state index is 6.89. The Kier molecular flexibility index (Phi) is 5.53. The van der Waals surface area contributed by atoms with Crippen LogP contribution in [0.25, 0.3) is 0 Å². The van der Waals surface area contributed by atoms with Gasteiger partial charge in [-0.1, -0.05) is 46.0 Å². The summed E-state index contributed by atoms with van der Waals surface area (Å²) in [5.41, 5.74) is 7.16. The van der Waals surface area contributed by atoms with Gasteiger partial charge in [-0.25, -0.2) is 0 Å². The van der Waals surface area contributed by atoms with E-state index in [9.17, 15) is 0 Å². The lowest BCUT2D eigenvalue weighted by Gasteiger charge is -2.49. The summed E-state index contributed by atoms with van der Waals surface area (Å²) in [6.07, 6.45) is 12.2. The van der Waals surface area contributed by atoms with Crippen molar-refractivity contribution < 1.29 is 0 Å². The molecule has 2 aliphatic carbocycles. The highest BCUT2D eigenvalue weighted by Crippen LogP contribution is 2.42. The van der Waals surface area contributed by atoms with Gasteiger partial charge in [-0.15, -0.1) is 0 Å². The molecule has 4 atom stereocenters. The molecule has 0 aromatic carbocycles. The quantitative estimate of drug-likeness (QED) is 0.791. The molecule has 0 aromatic heterocycles. The minimum absolute atomic E-state index is 0.265. The van der Waals surface area contributed by atoms with Crippen molar-refractivity contribution in [3.8, 4) is 0 Å². The molecule has 0 saturated heterocycles. The van der Waals surface area contributed by atoms with Crippen molar-refractivity contribution in [1.29, 1.82) is 0 Å². The van der Waals surface area contributed by atoms with E-state index in [1.165, 1.54) is 57.8 Å². The highest BCUT2D eigenvalue weighted by atomic mass is 15.2. The summed E-state index contributed by atoms with van der Waals surface area (Å²) >= 11 is 0. The lowest BCUT2D eigenvalue weighted by molar-refractivity contribution is 0.0470. The summed E-state index contributed by atoms with van der Waals surface area (Å²) < 4.78 is 0. The third-order valence-electron chi connectivity index (χ3n) is 6.63. The van der Waals surface area contributed by atoms with Gasteiger partial charge in [0.1, 0.15) is 0 Å². The zero-order valence-corrected chi connectivity index (χ0v) is 14.2. The Balaban J connectivity index is 2.12. The number of rotatable bonds is 3. The Morgan fingerprint density at radius 2 is 1.55 bits per heavy atom. The van der Waals surface area contributed by atoms with Gasteiger partial charge in [-0.2, -0.15) is 0 Å². The van der Waals surface area contributed by atoms with E-state index in [-0.39, 0.29) is 5.54 Å². The third kappa shape index (κ3) is 3.22. The molecule has 0 spiro atoms. The number of nitrogens with two attached hydrogens (primary N) is 1. The molecule has 2 heteroatoms. The number of hydrogen-bond donors (Lipinski definition) is 1. The molecule has 20 heavy (non-hydrogen) atoms. The van der Waals surface area contributed by atoms with E-state index < -0.39 is 0 Å². The zero-order valence-electron chi connectivity index (χ0n) is 14.2. The van der Waals surface area contributed by atoms with Crippen molar-refractivity contribution in [2.45, 2.75) is 83.2 Å². The molecule has 0 aliphatic heterocycles. The van der Waals surface area contributed by atoms with Crippen LogP contribution in [0, 0.1) is 17.8 Å². The van der Waals surface area contributed by atoms with Gasteiger partial charge >= 0.3 is 0 Å². The Hall–Kier alpha value is -0.0800. The van der Waals surface area contributed by atoms with Crippen molar-refractivity contribution in [1.82, 2.24) is 4.90 Å². The van der Waals surface area contributed by atoms with Crippen LogP contribution in [0.3, 0.4) is 0 Å². The lowest BCUT2D eigenvalue weighted by atomic mass is 9.67. The number of nitrogens with zero attached hydrogens (tertiary/aromatic N) is 1. The van der Waals surface area contributed by atoms with Crippen molar-refractivity contribution in [2.75, 3.05) is 14.1 Å². The molecule has 4 unspecified atom stereocenters. The van der Waals surface area contributed by atoms with E-state index >= 15 is 0 Å². The molecule has 2 fully saturated rings. The maximum absolute atomic E-state index is 6.89. The Labute approximate surface area is 126 Å². The van der Waals surface area contributed by atoms with Crippen molar-refractivity contribution in [3.05, 3.63) is 0 Å². The first kappa shape index (κ1) is 16.3. The zero-order chi connectivity index (χ0) is 14.8. The largest absolute Gasteiger partial charge is 0.326 e. The molecule has 0 radical (unpaired) electrons. The van der Waals surface area contributed by atoms with Gasteiger partial charge < -0.3 is 10.6 Å². The summed E-state index contributed by atoms with van der Waals surface area (Å²) in [4.78, 5) is 2.48. The molecule has 2 rings (SSSR count). The van der Waals surface area contributed by atoms with Gasteiger partial charge in [0, 0.05) is 11.6 Å². The van der Waals surface area contributed by atoms with E-state index in [0.717, 1.165) is 17.8 Å². The van der Waals surface area contributed by atoms with Crippen LogP contribution in [-0.2, 0) is 0 Å². The summed E-state index contributed by atoms with van der Waals surface area (Å²) in [7, 11) is 4.53. The lowest BCUT2D eigenvalue weighted by Crippen LogP contribution is -2.60. The Morgan fingerprint density at radius 1 is 0.950 bits per heavy atom. The van der Waals surface area contributed by atoms with Gasteiger partial charge in [-0.05, 0) is 57.5 Å². The van der Waals surface area contributed by atoms with Gasteiger partial charge in [0.05, 0.1) is 0 Å². The monoisotopic (exact) mass is 280 g/mol. The molecule has 2 saturated carbocycles. The summed E-state index contributed by atoms with van der Waals surface area (Å²) in [5, 5.41) is 0. The van der Waals surface area contributed by atoms with E-state index in [1.54, 1.807) is 0 Å². The molecule has 0 heterocycles. The number of likely N-dealkylation sites (N-methyl/N-ethyl adjacent to an activating group) is 1. The fourth-order valence-corrected chi connectivity index (χ4v) is 4.77.